The lowest BCUT2D eigenvalue weighted by Gasteiger charge is -2.06. The van der Waals surface area contributed by atoms with Gasteiger partial charge >= 0.3 is 17.7 Å². The van der Waals surface area contributed by atoms with Crippen LogP contribution >= 0.6 is 0 Å². The zero-order chi connectivity index (χ0) is 15.1. The Hall–Kier alpha value is -2.45. The quantitative estimate of drug-likeness (QED) is 0.564. The Morgan fingerprint density at radius 3 is 2.80 bits per heavy atom. The number of carbonyl (C=O) groups excluding carboxylic acids is 2. The maximum atomic E-state index is 13.0. The number of nitrogens with zero attached hydrogens (tertiary/aromatic N) is 1. The number of esters is 1. The van der Waals surface area contributed by atoms with E-state index < -0.39 is 29.1 Å². The molecule has 0 saturated heterocycles. The number of hydrogen-bond acceptors (Lipinski definition) is 5. The molecule has 0 aliphatic carbocycles. The molecule has 8 nitrogen and oxygen atoms in total. The Balaban J connectivity index is 2.52. The first-order valence-electron chi connectivity index (χ1n) is 5.91. The summed E-state index contributed by atoms with van der Waals surface area (Å²) in [5.74, 6) is -1.64. The molecule has 0 aromatic carbocycles. The monoisotopic (exact) mass is 287 g/mol. The summed E-state index contributed by atoms with van der Waals surface area (Å²) in [5.41, 5.74) is -2.24. The summed E-state index contributed by atoms with van der Waals surface area (Å²) in [6.07, 6.45) is 0.927. The Morgan fingerprint density at radius 1 is 1.45 bits per heavy atom. The van der Waals surface area contributed by atoms with Crippen LogP contribution in [-0.2, 0) is 9.53 Å². The van der Waals surface area contributed by atoms with Crippen LogP contribution < -0.4 is 16.6 Å². The molecule has 110 valence electrons. The molecule has 1 heterocycles. The first kappa shape index (κ1) is 15.6. The molecule has 0 aliphatic rings. The fourth-order valence-electron chi connectivity index (χ4n) is 1.34. The topological polar surface area (TPSA) is 110 Å². The first-order chi connectivity index (χ1) is 9.45. The van der Waals surface area contributed by atoms with Gasteiger partial charge in [-0.2, -0.15) is 4.39 Å². The zero-order valence-electron chi connectivity index (χ0n) is 10.8. The number of amides is 1. The van der Waals surface area contributed by atoms with Crippen LogP contribution in [0.1, 0.15) is 19.8 Å². The van der Waals surface area contributed by atoms with Crippen LogP contribution in [-0.4, -0.2) is 34.7 Å². The van der Waals surface area contributed by atoms with Crippen molar-refractivity contribution in [2.24, 2.45) is 0 Å². The first-order valence-corrected chi connectivity index (χ1v) is 5.91. The predicted octanol–water partition coefficient (Wildman–Crippen LogP) is -0.423. The molecular formula is C11H14FN3O5. The van der Waals surface area contributed by atoms with Crippen LogP contribution in [0.5, 0.6) is 0 Å². The van der Waals surface area contributed by atoms with Gasteiger partial charge in [0.05, 0.1) is 12.8 Å². The highest BCUT2D eigenvalue weighted by Gasteiger charge is 2.10. The molecule has 0 saturated carbocycles. The van der Waals surface area contributed by atoms with E-state index in [0.717, 1.165) is 0 Å². The molecule has 1 aromatic rings. The van der Waals surface area contributed by atoms with Crippen molar-refractivity contribution in [1.29, 1.82) is 0 Å². The van der Waals surface area contributed by atoms with Crippen LogP contribution in [0.4, 0.5) is 9.18 Å². The number of carbonyl (C=O) groups is 2. The van der Waals surface area contributed by atoms with Crippen molar-refractivity contribution in [2.75, 3.05) is 13.2 Å². The average molecular weight is 287 g/mol. The highest BCUT2D eigenvalue weighted by atomic mass is 19.1. The van der Waals surface area contributed by atoms with E-state index in [0.29, 0.717) is 17.2 Å². The minimum atomic E-state index is -1.24. The molecule has 0 bridgehead atoms. The Bertz CT molecular complexity index is 607. The van der Waals surface area contributed by atoms with E-state index in [1.54, 1.807) is 11.9 Å². The summed E-state index contributed by atoms with van der Waals surface area (Å²) in [6, 6.07) is -0.894. The normalized spacial score (nSPS) is 10.1. The predicted molar refractivity (Wildman–Crippen MR) is 65.9 cm³/mol. The lowest BCUT2D eigenvalue weighted by molar-refractivity contribution is -0.143. The van der Waals surface area contributed by atoms with Crippen molar-refractivity contribution < 1.29 is 18.7 Å². The van der Waals surface area contributed by atoms with E-state index in [2.05, 4.69) is 10.1 Å². The molecule has 0 fully saturated rings. The van der Waals surface area contributed by atoms with Gasteiger partial charge in [-0.3, -0.25) is 14.6 Å². The molecule has 0 spiro atoms. The summed E-state index contributed by atoms with van der Waals surface area (Å²) >= 11 is 0. The van der Waals surface area contributed by atoms with Crippen LogP contribution in [0.3, 0.4) is 0 Å². The van der Waals surface area contributed by atoms with E-state index in [1.807, 2.05) is 0 Å². The highest BCUT2D eigenvalue weighted by Crippen LogP contribution is 1.92. The number of nitrogens with one attached hydrogen (secondary N) is 2. The van der Waals surface area contributed by atoms with E-state index in [1.165, 1.54) is 0 Å². The summed E-state index contributed by atoms with van der Waals surface area (Å²) in [5, 5.41) is 2.31. The van der Waals surface area contributed by atoms with Crippen molar-refractivity contribution in [3.63, 3.8) is 0 Å². The van der Waals surface area contributed by atoms with Crippen molar-refractivity contribution in [3.8, 4) is 0 Å². The largest absolute Gasteiger partial charge is 0.466 e. The minimum Gasteiger partial charge on any atom is -0.466 e. The van der Waals surface area contributed by atoms with Gasteiger partial charge in [-0.05, 0) is 13.3 Å². The average Bonchev–Trinajstić information content (AvgIpc) is 2.39. The highest BCUT2D eigenvalue weighted by molar-refractivity contribution is 5.76. The number of halogens is 1. The molecule has 0 atom stereocenters. The van der Waals surface area contributed by atoms with E-state index >= 15 is 0 Å². The Kier molecular flexibility index (Phi) is 5.63. The maximum Gasteiger partial charge on any atom is 0.336 e. The third-order valence-corrected chi connectivity index (χ3v) is 2.26. The van der Waals surface area contributed by atoms with Gasteiger partial charge in [-0.15, -0.1) is 0 Å². The lowest BCUT2D eigenvalue weighted by atomic mass is 10.3. The third-order valence-electron chi connectivity index (χ3n) is 2.26. The van der Waals surface area contributed by atoms with Gasteiger partial charge in [0, 0.05) is 13.0 Å². The van der Waals surface area contributed by atoms with Crippen molar-refractivity contribution >= 4 is 12.0 Å². The zero-order valence-corrected chi connectivity index (χ0v) is 10.8. The Labute approximate surface area is 112 Å². The van der Waals surface area contributed by atoms with Gasteiger partial charge in [0.25, 0.3) is 5.56 Å². The number of H-pyrrole nitrogens is 1. The van der Waals surface area contributed by atoms with Crippen molar-refractivity contribution in [1.82, 2.24) is 14.9 Å². The van der Waals surface area contributed by atoms with Crippen LogP contribution in [0.25, 0.3) is 0 Å². The summed E-state index contributed by atoms with van der Waals surface area (Å²) in [6.45, 7) is 2.05. The number of ether oxygens (including phenoxy) is 1. The molecular weight excluding hydrogens is 273 g/mol. The summed E-state index contributed by atoms with van der Waals surface area (Å²) in [7, 11) is 0. The molecule has 9 heteroatoms. The molecule has 0 unspecified atom stereocenters. The van der Waals surface area contributed by atoms with Crippen LogP contribution in [0, 0.1) is 5.82 Å². The maximum absolute atomic E-state index is 13.0. The van der Waals surface area contributed by atoms with E-state index in [-0.39, 0.29) is 19.6 Å². The standard InChI is InChI=1S/C11H14FN3O5/c1-2-20-8(16)4-3-5-13-10(18)15-6-7(12)9(17)14-11(15)19/h6H,2-5H2,1H3,(H,13,18)(H,14,17,19). The fraction of sp³-hybridized carbons (Fsp3) is 0.455. The fourth-order valence-corrected chi connectivity index (χ4v) is 1.34. The molecule has 20 heavy (non-hydrogen) atoms. The SMILES string of the molecule is CCOC(=O)CCCNC(=O)n1cc(F)c(=O)[nH]c1=O. The minimum absolute atomic E-state index is 0.102. The number of hydrogen-bond donors (Lipinski definition) is 2. The van der Waals surface area contributed by atoms with Crippen molar-refractivity contribution in [3.05, 3.63) is 32.9 Å². The van der Waals surface area contributed by atoms with Gasteiger partial charge in [0.1, 0.15) is 0 Å². The molecule has 2 N–H and O–H groups in total. The molecule has 1 amide bonds. The molecule has 1 aromatic heterocycles. The second kappa shape index (κ2) is 7.22. The number of aromatic nitrogens is 2. The molecule has 1 rings (SSSR count). The summed E-state index contributed by atoms with van der Waals surface area (Å²) in [4.78, 5) is 46.3. The Morgan fingerprint density at radius 2 is 2.15 bits per heavy atom. The number of aromatic amines is 1. The van der Waals surface area contributed by atoms with Gasteiger partial charge < -0.3 is 10.1 Å². The molecule has 0 radical (unpaired) electrons. The smallest absolute Gasteiger partial charge is 0.336 e. The second-order valence-electron chi connectivity index (χ2n) is 3.75. The van der Waals surface area contributed by atoms with Crippen molar-refractivity contribution in [2.45, 2.75) is 19.8 Å². The van der Waals surface area contributed by atoms with Gasteiger partial charge in [-0.1, -0.05) is 0 Å². The third kappa shape index (κ3) is 4.34. The lowest BCUT2D eigenvalue weighted by Crippen LogP contribution is -2.41. The second-order valence-corrected chi connectivity index (χ2v) is 3.75. The van der Waals surface area contributed by atoms with Gasteiger partial charge in [-0.25, -0.2) is 14.2 Å². The van der Waals surface area contributed by atoms with Gasteiger partial charge in [0.2, 0.25) is 5.82 Å². The molecule has 0 aliphatic heterocycles. The summed E-state index contributed by atoms with van der Waals surface area (Å²) < 4.78 is 18.0. The van der Waals surface area contributed by atoms with E-state index in [9.17, 15) is 23.6 Å². The van der Waals surface area contributed by atoms with Crippen LogP contribution in [0.2, 0.25) is 0 Å². The van der Waals surface area contributed by atoms with Gasteiger partial charge in [0.15, 0.2) is 0 Å². The number of rotatable bonds is 5. The van der Waals surface area contributed by atoms with Crippen LogP contribution in [0.15, 0.2) is 15.8 Å². The van der Waals surface area contributed by atoms with E-state index in [4.69, 9.17) is 0 Å².